The molecule has 1 N–H and O–H groups in total. The maximum Gasteiger partial charge on any atom is 0.140 e. The van der Waals surface area contributed by atoms with Gasteiger partial charge in [-0.25, -0.2) is 4.98 Å². The SMILES string of the molecule is CCCc1nc(COc2cccc(C)c2)sc1CNCC. The normalized spacial score (nSPS) is 10.8. The average molecular weight is 304 g/mol. The van der Waals surface area contributed by atoms with Crippen LogP contribution >= 0.6 is 11.3 Å². The first-order chi connectivity index (χ1) is 10.2. The molecule has 1 aromatic heterocycles. The third-order valence-electron chi connectivity index (χ3n) is 3.20. The first-order valence-electron chi connectivity index (χ1n) is 7.60. The summed E-state index contributed by atoms with van der Waals surface area (Å²) >= 11 is 1.76. The van der Waals surface area contributed by atoms with E-state index in [-0.39, 0.29) is 0 Å². The molecule has 1 aromatic carbocycles. The van der Waals surface area contributed by atoms with Crippen molar-refractivity contribution in [3.8, 4) is 5.75 Å². The van der Waals surface area contributed by atoms with Gasteiger partial charge < -0.3 is 10.1 Å². The van der Waals surface area contributed by atoms with Gasteiger partial charge in [0, 0.05) is 11.4 Å². The minimum absolute atomic E-state index is 0.553. The number of nitrogens with zero attached hydrogens (tertiary/aromatic N) is 1. The molecule has 0 atom stereocenters. The molecule has 0 radical (unpaired) electrons. The van der Waals surface area contributed by atoms with E-state index in [0.29, 0.717) is 6.61 Å². The Morgan fingerprint density at radius 1 is 1.29 bits per heavy atom. The third-order valence-corrected chi connectivity index (χ3v) is 4.27. The van der Waals surface area contributed by atoms with E-state index in [1.54, 1.807) is 11.3 Å². The van der Waals surface area contributed by atoms with Crippen molar-refractivity contribution in [2.75, 3.05) is 6.54 Å². The van der Waals surface area contributed by atoms with Crippen LogP contribution in [0, 0.1) is 6.92 Å². The molecular weight excluding hydrogens is 280 g/mol. The van der Waals surface area contributed by atoms with Crippen molar-refractivity contribution in [3.63, 3.8) is 0 Å². The van der Waals surface area contributed by atoms with E-state index in [1.807, 2.05) is 12.1 Å². The van der Waals surface area contributed by atoms with Crippen molar-refractivity contribution in [2.45, 2.75) is 46.8 Å². The first kappa shape index (κ1) is 16.0. The Hall–Kier alpha value is -1.39. The van der Waals surface area contributed by atoms with Crippen LogP contribution in [0.5, 0.6) is 5.75 Å². The molecule has 2 aromatic rings. The van der Waals surface area contributed by atoms with Gasteiger partial charge in [0.25, 0.3) is 0 Å². The highest BCUT2D eigenvalue weighted by Crippen LogP contribution is 2.22. The van der Waals surface area contributed by atoms with Crippen LogP contribution in [0.2, 0.25) is 0 Å². The van der Waals surface area contributed by atoms with Crippen molar-refractivity contribution in [2.24, 2.45) is 0 Å². The minimum atomic E-state index is 0.553. The Kier molecular flexibility index (Phi) is 6.21. The van der Waals surface area contributed by atoms with E-state index in [9.17, 15) is 0 Å². The van der Waals surface area contributed by atoms with Gasteiger partial charge in [-0.2, -0.15) is 0 Å². The predicted molar refractivity (Wildman–Crippen MR) is 89.0 cm³/mol. The Bertz CT molecular complexity index is 566. The standard InChI is InChI=1S/C17H24N2OS/c1-4-7-15-16(11-18-5-2)21-17(19-15)12-20-14-9-6-8-13(3)10-14/h6,8-10,18H,4-5,7,11-12H2,1-3H3. The fourth-order valence-electron chi connectivity index (χ4n) is 2.16. The maximum absolute atomic E-state index is 5.85. The number of thiazole rings is 1. The first-order valence-corrected chi connectivity index (χ1v) is 8.42. The monoisotopic (exact) mass is 304 g/mol. The predicted octanol–water partition coefficient (Wildman–Crippen LogP) is 4.09. The van der Waals surface area contributed by atoms with E-state index < -0.39 is 0 Å². The van der Waals surface area contributed by atoms with Crippen molar-refractivity contribution in [3.05, 3.63) is 45.4 Å². The summed E-state index contributed by atoms with van der Waals surface area (Å²) in [7, 11) is 0. The van der Waals surface area contributed by atoms with Crippen LogP contribution in [0.4, 0.5) is 0 Å². The molecule has 0 fully saturated rings. The molecule has 0 amide bonds. The Labute approximate surface area is 131 Å². The maximum atomic E-state index is 5.85. The van der Waals surface area contributed by atoms with E-state index in [2.05, 4.69) is 38.2 Å². The fraction of sp³-hybridized carbons (Fsp3) is 0.471. The number of hydrogen-bond acceptors (Lipinski definition) is 4. The lowest BCUT2D eigenvalue weighted by Gasteiger charge is -2.04. The molecule has 1 heterocycles. The summed E-state index contributed by atoms with van der Waals surface area (Å²) in [4.78, 5) is 6.09. The average Bonchev–Trinajstić information content (AvgIpc) is 2.86. The number of hydrogen-bond donors (Lipinski definition) is 1. The second kappa shape index (κ2) is 8.15. The van der Waals surface area contributed by atoms with Gasteiger partial charge in [-0.05, 0) is 37.6 Å². The van der Waals surface area contributed by atoms with Gasteiger partial charge >= 0.3 is 0 Å². The molecule has 0 bridgehead atoms. The summed E-state index contributed by atoms with van der Waals surface area (Å²) in [5.74, 6) is 0.912. The quantitative estimate of drug-likeness (QED) is 0.797. The summed E-state index contributed by atoms with van der Waals surface area (Å²) in [5.41, 5.74) is 2.44. The number of ether oxygens (including phenoxy) is 1. The Morgan fingerprint density at radius 3 is 2.86 bits per heavy atom. The molecule has 114 valence electrons. The van der Waals surface area contributed by atoms with Crippen LogP contribution in [-0.4, -0.2) is 11.5 Å². The van der Waals surface area contributed by atoms with E-state index in [4.69, 9.17) is 9.72 Å². The van der Waals surface area contributed by atoms with Crippen LogP contribution in [0.1, 0.15) is 41.4 Å². The summed E-state index contributed by atoms with van der Waals surface area (Å²) in [6.45, 7) is 8.84. The number of rotatable bonds is 8. The molecule has 2 rings (SSSR count). The molecule has 0 saturated heterocycles. The van der Waals surface area contributed by atoms with Crippen LogP contribution < -0.4 is 10.1 Å². The molecular formula is C17H24N2OS. The zero-order chi connectivity index (χ0) is 15.1. The van der Waals surface area contributed by atoms with E-state index in [0.717, 1.165) is 36.7 Å². The lowest BCUT2D eigenvalue weighted by molar-refractivity contribution is 0.305. The highest BCUT2D eigenvalue weighted by molar-refractivity contribution is 7.11. The van der Waals surface area contributed by atoms with Crippen molar-refractivity contribution in [1.82, 2.24) is 10.3 Å². The topological polar surface area (TPSA) is 34.1 Å². The molecule has 21 heavy (non-hydrogen) atoms. The van der Waals surface area contributed by atoms with Gasteiger partial charge in [-0.1, -0.05) is 32.4 Å². The molecule has 0 aliphatic rings. The molecule has 4 heteroatoms. The lowest BCUT2D eigenvalue weighted by atomic mass is 10.2. The van der Waals surface area contributed by atoms with Crippen molar-refractivity contribution >= 4 is 11.3 Å². The fourth-order valence-corrected chi connectivity index (χ4v) is 3.16. The smallest absolute Gasteiger partial charge is 0.140 e. The van der Waals surface area contributed by atoms with Crippen molar-refractivity contribution < 1.29 is 4.74 Å². The number of aromatic nitrogens is 1. The van der Waals surface area contributed by atoms with Crippen LogP contribution in [0.25, 0.3) is 0 Å². The number of nitrogens with one attached hydrogen (secondary N) is 1. The van der Waals surface area contributed by atoms with Gasteiger partial charge in [0.2, 0.25) is 0 Å². The van der Waals surface area contributed by atoms with Gasteiger partial charge in [-0.3, -0.25) is 0 Å². The highest BCUT2D eigenvalue weighted by Gasteiger charge is 2.10. The highest BCUT2D eigenvalue weighted by atomic mass is 32.1. The largest absolute Gasteiger partial charge is 0.486 e. The molecule has 0 aliphatic heterocycles. The summed E-state index contributed by atoms with van der Waals surface area (Å²) in [5, 5.41) is 4.45. The Balaban J connectivity index is 2.02. The Morgan fingerprint density at radius 2 is 2.14 bits per heavy atom. The summed E-state index contributed by atoms with van der Waals surface area (Å²) < 4.78 is 5.85. The van der Waals surface area contributed by atoms with E-state index in [1.165, 1.54) is 16.1 Å². The number of aryl methyl sites for hydroxylation is 2. The minimum Gasteiger partial charge on any atom is -0.486 e. The lowest BCUT2D eigenvalue weighted by Crippen LogP contribution is -2.11. The van der Waals surface area contributed by atoms with Gasteiger partial charge in [0.05, 0.1) is 5.69 Å². The molecule has 0 saturated carbocycles. The second-order valence-electron chi connectivity index (χ2n) is 5.11. The molecule has 0 aliphatic carbocycles. The van der Waals surface area contributed by atoms with Gasteiger partial charge in [0.15, 0.2) is 0 Å². The molecule has 0 spiro atoms. The zero-order valence-corrected chi connectivity index (χ0v) is 13.9. The summed E-state index contributed by atoms with van der Waals surface area (Å²) in [6.07, 6.45) is 2.17. The number of benzene rings is 1. The third kappa shape index (κ3) is 4.83. The summed E-state index contributed by atoms with van der Waals surface area (Å²) in [6, 6.07) is 8.14. The van der Waals surface area contributed by atoms with E-state index >= 15 is 0 Å². The van der Waals surface area contributed by atoms with Gasteiger partial charge in [-0.15, -0.1) is 11.3 Å². The van der Waals surface area contributed by atoms with Crippen LogP contribution in [0.15, 0.2) is 24.3 Å². The molecule has 0 unspecified atom stereocenters. The van der Waals surface area contributed by atoms with Crippen LogP contribution in [-0.2, 0) is 19.6 Å². The molecule has 3 nitrogen and oxygen atoms in total. The second-order valence-corrected chi connectivity index (χ2v) is 6.28. The van der Waals surface area contributed by atoms with Crippen molar-refractivity contribution in [1.29, 1.82) is 0 Å². The zero-order valence-electron chi connectivity index (χ0n) is 13.1. The van der Waals surface area contributed by atoms with Gasteiger partial charge in [0.1, 0.15) is 17.4 Å². The van der Waals surface area contributed by atoms with Crippen LogP contribution in [0.3, 0.4) is 0 Å².